The molecule has 0 bridgehead atoms. The number of phenols is 2. The van der Waals surface area contributed by atoms with Crippen LogP contribution in [0.5, 0.6) is 23.0 Å². The lowest BCUT2D eigenvalue weighted by atomic mass is 9.85. The van der Waals surface area contributed by atoms with Gasteiger partial charge in [0.15, 0.2) is 0 Å². The number of aromatic hydroxyl groups is 2. The van der Waals surface area contributed by atoms with Crippen molar-refractivity contribution in [3.8, 4) is 23.0 Å². The minimum Gasteiger partial charge on any atom is -0.507 e. The number of rotatable bonds is 8. The number of benzene rings is 2. The molecule has 6 heteroatoms. The van der Waals surface area contributed by atoms with E-state index in [9.17, 15) is 10.2 Å². The van der Waals surface area contributed by atoms with Crippen molar-refractivity contribution in [1.29, 1.82) is 0 Å². The zero-order chi connectivity index (χ0) is 24.8. The summed E-state index contributed by atoms with van der Waals surface area (Å²) in [7, 11) is 3.23. The molecule has 2 aromatic rings. The van der Waals surface area contributed by atoms with E-state index >= 15 is 0 Å². The zero-order valence-electron chi connectivity index (χ0n) is 21.2. The average Bonchev–Trinajstić information content (AvgIpc) is 2.73. The summed E-state index contributed by atoms with van der Waals surface area (Å²) < 4.78 is 10.8. The smallest absolute Gasteiger partial charge is 0.128 e. The van der Waals surface area contributed by atoms with Gasteiger partial charge in [-0.25, -0.2) is 0 Å². The van der Waals surface area contributed by atoms with E-state index in [0.29, 0.717) is 35.7 Å². The van der Waals surface area contributed by atoms with Gasteiger partial charge in [-0.1, -0.05) is 41.5 Å². The molecule has 0 aliphatic rings. The molecule has 0 aliphatic carbocycles. The van der Waals surface area contributed by atoms with Crippen molar-refractivity contribution in [3.63, 3.8) is 0 Å². The minimum absolute atomic E-state index is 0.214. The molecule has 2 N–H and O–H groups in total. The second-order valence-electron chi connectivity index (χ2n) is 10.1. The Labute approximate surface area is 198 Å². The summed E-state index contributed by atoms with van der Waals surface area (Å²) in [5.41, 5.74) is 2.49. The highest BCUT2D eigenvalue weighted by atomic mass is 16.5. The Morgan fingerprint density at radius 3 is 1.36 bits per heavy atom. The topological polar surface area (TPSA) is 83.6 Å². The SMILES string of the molecule is COc1cc(/C=N/CCC/N=C/c2cc(OC)cc(C(C)(C)C)c2O)c(O)c(C(C)(C)C)c1. The summed E-state index contributed by atoms with van der Waals surface area (Å²) in [5, 5.41) is 21.3. The molecule has 33 heavy (non-hydrogen) atoms. The number of ether oxygens (including phenoxy) is 2. The van der Waals surface area contributed by atoms with E-state index in [2.05, 4.69) is 9.98 Å². The van der Waals surface area contributed by atoms with Crippen LogP contribution in [0, 0.1) is 0 Å². The predicted octanol–water partition coefficient (Wildman–Crippen LogP) is 5.64. The average molecular weight is 455 g/mol. The van der Waals surface area contributed by atoms with Gasteiger partial charge in [0.2, 0.25) is 0 Å². The first-order valence-electron chi connectivity index (χ1n) is 11.2. The van der Waals surface area contributed by atoms with E-state index in [0.717, 1.165) is 17.5 Å². The fourth-order valence-corrected chi connectivity index (χ4v) is 3.41. The van der Waals surface area contributed by atoms with Crippen LogP contribution in [-0.4, -0.2) is 50.0 Å². The van der Waals surface area contributed by atoms with Crippen LogP contribution in [0.4, 0.5) is 0 Å². The second kappa shape index (κ2) is 10.7. The molecule has 0 heterocycles. The van der Waals surface area contributed by atoms with Crippen molar-refractivity contribution < 1.29 is 19.7 Å². The van der Waals surface area contributed by atoms with Gasteiger partial charge < -0.3 is 19.7 Å². The molecule has 0 fully saturated rings. The Balaban J connectivity index is 2.05. The number of aliphatic imine (C=N–C) groups is 2. The fourth-order valence-electron chi connectivity index (χ4n) is 3.41. The number of hydrogen-bond acceptors (Lipinski definition) is 6. The predicted molar refractivity (Wildman–Crippen MR) is 136 cm³/mol. The van der Waals surface area contributed by atoms with Gasteiger partial charge in [0.25, 0.3) is 0 Å². The molecule has 0 radical (unpaired) electrons. The van der Waals surface area contributed by atoms with E-state index in [-0.39, 0.29) is 22.3 Å². The summed E-state index contributed by atoms with van der Waals surface area (Å²) >= 11 is 0. The number of methoxy groups -OCH3 is 2. The third kappa shape index (κ3) is 6.98. The highest BCUT2D eigenvalue weighted by Gasteiger charge is 2.22. The largest absolute Gasteiger partial charge is 0.507 e. The molecule has 0 unspecified atom stereocenters. The van der Waals surface area contributed by atoms with Crippen molar-refractivity contribution in [1.82, 2.24) is 0 Å². The van der Waals surface area contributed by atoms with Crippen molar-refractivity contribution in [2.45, 2.75) is 58.8 Å². The van der Waals surface area contributed by atoms with Crippen LogP contribution in [0.3, 0.4) is 0 Å². The van der Waals surface area contributed by atoms with Crippen molar-refractivity contribution in [2.24, 2.45) is 9.98 Å². The maximum atomic E-state index is 10.7. The normalized spacial score (nSPS) is 12.6. The Morgan fingerprint density at radius 2 is 1.06 bits per heavy atom. The van der Waals surface area contributed by atoms with Crippen molar-refractivity contribution >= 4 is 12.4 Å². The van der Waals surface area contributed by atoms with Gasteiger partial charge >= 0.3 is 0 Å². The second-order valence-corrected chi connectivity index (χ2v) is 10.1. The summed E-state index contributed by atoms with van der Waals surface area (Å²) in [6.45, 7) is 13.4. The van der Waals surface area contributed by atoms with Crippen LogP contribution in [0.1, 0.15) is 70.2 Å². The van der Waals surface area contributed by atoms with E-state index in [1.807, 2.05) is 53.7 Å². The molecule has 2 rings (SSSR count). The monoisotopic (exact) mass is 454 g/mol. The minimum atomic E-state index is -0.214. The molecule has 0 amide bonds. The quantitative estimate of drug-likeness (QED) is 0.399. The Kier molecular flexibility index (Phi) is 8.53. The molecule has 0 atom stereocenters. The lowest BCUT2D eigenvalue weighted by Crippen LogP contribution is -2.12. The molecule has 0 saturated carbocycles. The highest BCUT2D eigenvalue weighted by molar-refractivity contribution is 5.86. The Morgan fingerprint density at radius 1 is 0.697 bits per heavy atom. The third-order valence-corrected chi connectivity index (χ3v) is 5.35. The van der Waals surface area contributed by atoms with Crippen molar-refractivity contribution in [3.05, 3.63) is 46.5 Å². The van der Waals surface area contributed by atoms with Gasteiger partial charge in [-0.3, -0.25) is 9.98 Å². The van der Waals surface area contributed by atoms with E-state index in [1.54, 1.807) is 38.8 Å². The Hall–Kier alpha value is -3.02. The Bertz CT molecular complexity index is 931. The molecular formula is C27H38N2O4. The number of phenolic OH excluding ortho intramolecular Hbond substituents is 2. The third-order valence-electron chi connectivity index (χ3n) is 5.35. The van der Waals surface area contributed by atoms with Gasteiger partial charge in [0.05, 0.1) is 14.2 Å². The zero-order valence-corrected chi connectivity index (χ0v) is 21.2. The van der Waals surface area contributed by atoms with Crippen LogP contribution in [-0.2, 0) is 10.8 Å². The molecule has 0 saturated heterocycles. The van der Waals surface area contributed by atoms with Gasteiger partial charge in [-0.15, -0.1) is 0 Å². The molecule has 180 valence electrons. The summed E-state index contributed by atoms with van der Waals surface area (Å²) in [6.07, 6.45) is 4.10. The van der Waals surface area contributed by atoms with Crippen molar-refractivity contribution in [2.75, 3.05) is 27.3 Å². The lowest BCUT2D eigenvalue weighted by molar-refractivity contribution is 0.405. The molecule has 6 nitrogen and oxygen atoms in total. The van der Waals surface area contributed by atoms with Crippen LogP contribution < -0.4 is 9.47 Å². The van der Waals surface area contributed by atoms with Crippen LogP contribution in [0.15, 0.2) is 34.3 Å². The first-order valence-corrected chi connectivity index (χ1v) is 11.2. The lowest BCUT2D eigenvalue weighted by Gasteiger charge is -2.22. The van der Waals surface area contributed by atoms with Gasteiger partial charge in [-0.2, -0.15) is 0 Å². The summed E-state index contributed by atoms with van der Waals surface area (Å²) in [6, 6.07) is 7.29. The van der Waals surface area contributed by atoms with E-state index in [1.165, 1.54) is 0 Å². The maximum Gasteiger partial charge on any atom is 0.128 e. The van der Waals surface area contributed by atoms with Gasteiger partial charge in [0.1, 0.15) is 23.0 Å². The van der Waals surface area contributed by atoms with E-state index in [4.69, 9.17) is 9.47 Å². The first kappa shape index (κ1) is 26.2. The van der Waals surface area contributed by atoms with Crippen LogP contribution in [0.2, 0.25) is 0 Å². The van der Waals surface area contributed by atoms with Crippen LogP contribution >= 0.6 is 0 Å². The molecule has 0 aliphatic heterocycles. The molecular weight excluding hydrogens is 416 g/mol. The van der Waals surface area contributed by atoms with Crippen LogP contribution in [0.25, 0.3) is 0 Å². The number of hydrogen-bond donors (Lipinski definition) is 2. The standard InChI is InChI=1S/C27H38N2O4/c1-26(2,3)22-14-20(32-7)12-18(24(22)30)16-28-10-9-11-29-17-19-13-21(33-8)15-23(25(19)31)27(4,5)6/h12-17,30-31H,9-11H2,1-8H3/b28-16+,29-17+. The summed E-state index contributed by atoms with van der Waals surface area (Å²) in [4.78, 5) is 8.91. The van der Waals surface area contributed by atoms with Gasteiger partial charge in [-0.05, 0) is 41.5 Å². The molecule has 0 aromatic heterocycles. The summed E-state index contributed by atoms with van der Waals surface area (Å²) in [5.74, 6) is 1.84. The maximum absolute atomic E-state index is 10.7. The highest BCUT2D eigenvalue weighted by Crippen LogP contribution is 2.37. The molecule has 0 spiro atoms. The first-order chi connectivity index (χ1) is 15.4. The molecule has 2 aromatic carbocycles. The van der Waals surface area contributed by atoms with E-state index < -0.39 is 0 Å². The van der Waals surface area contributed by atoms with Gasteiger partial charge in [0, 0.05) is 47.8 Å². The number of nitrogens with zero attached hydrogens (tertiary/aromatic N) is 2. The fraction of sp³-hybridized carbons (Fsp3) is 0.481.